The summed E-state index contributed by atoms with van der Waals surface area (Å²) in [5.41, 5.74) is 3.91. The molecule has 0 radical (unpaired) electrons. The summed E-state index contributed by atoms with van der Waals surface area (Å²) in [7, 11) is 0. The molecular formula is C22H25N5O2. The van der Waals surface area contributed by atoms with Gasteiger partial charge in [-0.1, -0.05) is 12.1 Å². The molecule has 1 aromatic carbocycles. The molecule has 0 bridgehead atoms. The van der Waals surface area contributed by atoms with Gasteiger partial charge >= 0.3 is 0 Å². The van der Waals surface area contributed by atoms with Crippen molar-refractivity contribution >= 4 is 23.2 Å². The summed E-state index contributed by atoms with van der Waals surface area (Å²) in [5, 5.41) is 25.2. The highest BCUT2D eigenvalue weighted by Gasteiger charge is 2.54. The van der Waals surface area contributed by atoms with Crippen molar-refractivity contribution in [2.45, 2.75) is 56.7 Å². The number of anilines is 2. The lowest BCUT2D eigenvalue weighted by molar-refractivity contribution is -0.140. The Kier molecular flexibility index (Phi) is 3.77. The van der Waals surface area contributed by atoms with Crippen LogP contribution in [-0.2, 0) is 16.8 Å². The summed E-state index contributed by atoms with van der Waals surface area (Å²) in [6.07, 6.45) is 3.87. The maximum absolute atomic E-state index is 12.9. The molecule has 1 spiro atoms. The molecule has 29 heavy (non-hydrogen) atoms. The zero-order valence-electron chi connectivity index (χ0n) is 16.6. The highest BCUT2D eigenvalue weighted by atomic mass is 16.3. The fourth-order valence-electron chi connectivity index (χ4n) is 4.92. The van der Waals surface area contributed by atoms with Crippen LogP contribution < -0.4 is 10.6 Å². The normalized spacial score (nSPS) is 30.3. The first kappa shape index (κ1) is 18.1. The van der Waals surface area contributed by atoms with Crippen LogP contribution in [0.5, 0.6) is 0 Å². The predicted molar refractivity (Wildman–Crippen MR) is 110 cm³/mol. The molecule has 2 heterocycles. The average Bonchev–Trinajstić information content (AvgIpc) is 2.62. The van der Waals surface area contributed by atoms with Crippen LogP contribution in [0.2, 0.25) is 0 Å². The molecule has 0 unspecified atom stereocenters. The van der Waals surface area contributed by atoms with Gasteiger partial charge in [-0.3, -0.25) is 20.1 Å². The largest absolute Gasteiger partial charge is 0.390 e. The van der Waals surface area contributed by atoms with Crippen molar-refractivity contribution in [3.63, 3.8) is 0 Å². The van der Waals surface area contributed by atoms with Crippen LogP contribution in [0.15, 0.2) is 36.5 Å². The molecule has 2 fully saturated rings. The van der Waals surface area contributed by atoms with Crippen LogP contribution in [-0.4, -0.2) is 38.5 Å². The van der Waals surface area contributed by atoms with Gasteiger partial charge in [0.1, 0.15) is 0 Å². The van der Waals surface area contributed by atoms with Crippen molar-refractivity contribution in [2.75, 3.05) is 5.32 Å². The van der Waals surface area contributed by atoms with Crippen LogP contribution in [0.1, 0.15) is 43.0 Å². The molecule has 7 nitrogen and oxygen atoms in total. The maximum Gasteiger partial charge on any atom is 0.232 e. The molecular weight excluding hydrogens is 366 g/mol. The van der Waals surface area contributed by atoms with E-state index >= 15 is 0 Å². The van der Waals surface area contributed by atoms with E-state index in [1.807, 2.05) is 43.5 Å². The Morgan fingerprint density at radius 3 is 2.72 bits per heavy atom. The van der Waals surface area contributed by atoms with Crippen molar-refractivity contribution in [3.8, 4) is 0 Å². The molecule has 3 aliphatic rings. The third kappa shape index (κ3) is 2.88. The molecule has 1 aliphatic heterocycles. The Morgan fingerprint density at radius 2 is 2.07 bits per heavy atom. The highest BCUT2D eigenvalue weighted by molar-refractivity contribution is 6.00. The van der Waals surface area contributed by atoms with Crippen LogP contribution in [0.25, 0.3) is 0 Å². The van der Waals surface area contributed by atoms with Crippen molar-refractivity contribution in [3.05, 3.63) is 53.3 Å². The lowest BCUT2D eigenvalue weighted by Crippen LogP contribution is -2.69. The van der Waals surface area contributed by atoms with Gasteiger partial charge in [-0.05, 0) is 56.0 Å². The molecule has 2 aromatic rings. The number of fused-ring (bicyclic) bond motifs is 2. The molecule has 1 aromatic heterocycles. The molecule has 1 atom stereocenters. The highest BCUT2D eigenvalue weighted by Crippen LogP contribution is 2.48. The number of amides is 1. The zero-order chi connectivity index (χ0) is 20.4. The first-order valence-electron chi connectivity index (χ1n) is 10.00. The molecule has 7 heteroatoms. The summed E-state index contributed by atoms with van der Waals surface area (Å²) >= 11 is 0. The number of hydrogen-bond acceptors (Lipinski definition) is 5. The number of nitrogens with one attached hydrogen (secondary N) is 3. The first-order valence-corrected chi connectivity index (χ1v) is 10.00. The fourth-order valence-corrected chi connectivity index (χ4v) is 4.92. The number of rotatable bonds is 3. The number of aliphatic hydroxyl groups is 1. The van der Waals surface area contributed by atoms with E-state index in [1.165, 1.54) is 10.5 Å². The number of benzene rings is 1. The van der Waals surface area contributed by atoms with E-state index in [0.29, 0.717) is 25.7 Å². The zero-order valence-corrected chi connectivity index (χ0v) is 16.6. The minimum Gasteiger partial charge on any atom is -0.390 e. The number of pyridine rings is 1. The molecule has 2 aliphatic carbocycles. The lowest BCUT2D eigenvalue weighted by Gasteiger charge is -2.54. The van der Waals surface area contributed by atoms with Gasteiger partial charge in [0.25, 0.3) is 0 Å². The Bertz CT molecular complexity index is 988. The van der Waals surface area contributed by atoms with Crippen molar-refractivity contribution in [1.82, 2.24) is 15.2 Å². The van der Waals surface area contributed by atoms with E-state index in [0.717, 1.165) is 22.6 Å². The second-order valence-electron chi connectivity index (χ2n) is 8.88. The number of aromatic nitrogens is 1. The lowest BCUT2D eigenvalue weighted by atomic mass is 9.66. The second kappa shape index (κ2) is 6.03. The number of guanidine groups is 1. The van der Waals surface area contributed by atoms with E-state index in [-0.39, 0.29) is 17.9 Å². The van der Waals surface area contributed by atoms with Crippen molar-refractivity contribution < 1.29 is 9.90 Å². The van der Waals surface area contributed by atoms with Crippen LogP contribution in [0.3, 0.4) is 0 Å². The van der Waals surface area contributed by atoms with Gasteiger partial charge in [0, 0.05) is 23.8 Å². The third-order valence-corrected chi connectivity index (χ3v) is 6.40. The number of carbonyl (C=O) groups is 1. The summed E-state index contributed by atoms with van der Waals surface area (Å²) in [6, 6.07) is 9.93. The molecule has 1 saturated carbocycles. The average molecular weight is 391 g/mol. The van der Waals surface area contributed by atoms with Gasteiger partial charge in [-0.15, -0.1) is 0 Å². The van der Waals surface area contributed by atoms with Gasteiger partial charge in [0.2, 0.25) is 5.91 Å². The SMILES string of the molecule is Cc1ccc(Nc2cccc3c2C[C@]32CC(=O)N([C@H]3C[C@@](C)(O)C3)C(=N)N2)cn1. The van der Waals surface area contributed by atoms with Crippen molar-refractivity contribution in [1.29, 1.82) is 5.41 Å². The standard InChI is InChI=1S/C22H25N5O2/c1-13-6-7-14(12-24-13)25-18-5-3-4-17-16(18)10-22(17)11-19(28)27(20(23)26-22)15-8-21(2,29)9-15/h3-7,12,15,25,29H,8-11H2,1-2H3,(H2,23,26)/t15-,21+,22-/m0/s1. The monoisotopic (exact) mass is 391 g/mol. The second-order valence-corrected chi connectivity index (χ2v) is 8.88. The van der Waals surface area contributed by atoms with E-state index in [9.17, 15) is 9.90 Å². The molecule has 1 saturated heterocycles. The van der Waals surface area contributed by atoms with Gasteiger partial charge in [0.15, 0.2) is 5.96 Å². The molecule has 1 amide bonds. The fraction of sp³-hybridized carbons (Fsp3) is 0.409. The maximum atomic E-state index is 12.9. The van der Waals surface area contributed by atoms with Crippen LogP contribution in [0, 0.1) is 12.3 Å². The molecule has 5 rings (SSSR count). The van der Waals surface area contributed by atoms with E-state index in [4.69, 9.17) is 5.41 Å². The summed E-state index contributed by atoms with van der Waals surface area (Å²) in [4.78, 5) is 18.8. The summed E-state index contributed by atoms with van der Waals surface area (Å²) < 4.78 is 0. The Labute approximate surface area is 169 Å². The third-order valence-electron chi connectivity index (χ3n) is 6.40. The summed E-state index contributed by atoms with van der Waals surface area (Å²) in [6.45, 7) is 3.73. The van der Waals surface area contributed by atoms with Gasteiger partial charge in [0.05, 0.1) is 29.4 Å². The van der Waals surface area contributed by atoms with Gasteiger partial charge in [-0.25, -0.2) is 0 Å². The summed E-state index contributed by atoms with van der Waals surface area (Å²) in [5.74, 6) is 0.106. The van der Waals surface area contributed by atoms with E-state index in [2.05, 4.69) is 15.6 Å². The van der Waals surface area contributed by atoms with Crippen LogP contribution in [0.4, 0.5) is 11.4 Å². The van der Waals surface area contributed by atoms with E-state index < -0.39 is 11.1 Å². The number of carbonyl (C=O) groups excluding carboxylic acids is 1. The van der Waals surface area contributed by atoms with Crippen molar-refractivity contribution in [2.24, 2.45) is 0 Å². The smallest absolute Gasteiger partial charge is 0.232 e. The molecule has 4 N–H and O–H groups in total. The predicted octanol–water partition coefficient (Wildman–Crippen LogP) is 2.56. The topological polar surface area (TPSA) is 101 Å². The number of hydrogen-bond donors (Lipinski definition) is 4. The number of aryl methyl sites for hydroxylation is 1. The Morgan fingerprint density at radius 1 is 1.28 bits per heavy atom. The molecule has 150 valence electrons. The first-order chi connectivity index (χ1) is 13.8. The van der Waals surface area contributed by atoms with Crippen LogP contribution >= 0.6 is 0 Å². The van der Waals surface area contributed by atoms with Gasteiger partial charge < -0.3 is 15.7 Å². The Balaban J connectivity index is 1.36. The Hall–Kier alpha value is -2.93. The minimum atomic E-state index is -0.727. The van der Waals surface area contributed by atoms with E-state index in [1.54, 1.807) is 6.92 Å². The quantitative estimate of drug-likeness (QED) is 0.644. The minimum absolute atomic E-state index is 0.0407. The number of nitrogens with zero attached hydrogens (tertiary/aromatic N) is 2. The van der Waals surface area contributed by atoms with Gasteiger partial charge in [-0.2, -0.15) is 0 Å².